The van der Waals surface area contributed by atoms with E-state index in [4.69, 9.17) is 19.3 Å². The normalized spacial score (nSPS) is 10.3. The van der Waals surface area contributed by atoms with Gasteiger partial charge in [-0.1, -0.05) is 18.2 Å². The van der Waals surface area contributed by atoms with E-state index in [0.29, 0.717) is 35.8 Å². The van der Waals surface area contributed by atoms with Gasteiger partial charge in [0.15, 0.2) is 11.5 Å². The fraction of sp³-hybridized carbons (Fsp3) is 0.278. The second-order valence-corrected chi connectivity index (χ2v) is 5.84. The zero-order valence-corrected chi connectivity index (χ0v) is 15.1. The summed E-state index contributed by atoms with van der Waals surface area (Å²) in [5.41, 5.74) is 1.19. The van der Waals surface area contributed by atoms with Gasteiger partial charge in [0, 0.05) is 0 Å². The van der Waals surface area contributed by atoms with Crippen LogP contribution in [0.3, 0.4) is 0 Å². The minimum absolute atomic E-state index is 0.133. The molecule has 0 spiro atoms. The van der Waals surface area contributed by atoms with E-state index in [1.165, 1.54) is 12.1 Å². The van der Waals surface area contributed by atoms with Crippen LogP contribution in [0.4, 0.5) is 0 Å². The average molecular weight is 395 g/mol. The highest BCUT2D eigenvalue weighted by molar-refractivity contribution is 9.10. The molecule has 2 aromatic rings. The second kappa shape index (κ2) is 8.59. The Bertz CT molecular complexity index is 715. The molecule has 0 aliphatic rings. The maximum absolute atomic E-state index is 11.1. The number of carboxylic acid groups (broad SMARTS) is 1. The molecule has 0 unspecified atom stereocenters. The molecule has 0 aliphatic heterocycles. The van der Waals surface area contributed by atoms with Crippen LogP contribution in [0.15, 0.2) is 40.9 Å². The van der Waals surface area contributed by atoms with Crippen molar-refractivity contribution in [3.05, 3.63) is 52.0 Å². The van der Waals surface area contributed by atoms with E-state index in [2.05, 4.69) is 15.9 Å². The zero-order valence-electron chi connectivity index (χ0n) is 13.5. The molecule has 6 heteroatoms. The molecule has 0 saturated heterocycles. The van der Waals surface area contributed by atoms with Crippen LogP contribution in [0.5, 0.6) is 17.2 Å². The van der Waals surface area contributed by atoms with Gasteiger partial charge < -0.3 is 19.3 Å². The molecule has 0 aliphatic carbocycles. The Kier molecular flexibility index (Phi) is 6.49. The van der Waals surface area contributed by atoms with E-state index in [-0.39, 0.29) is 5.56 Å². The topological polar surface area (TPSA) is 65.0 Å². The highest BCUT2D eigenvalue weighted by Gasteiger charge is 2.15. The van der Waals surface area contributed by atoms with Crippen molar-refractivity contribution in [1.29, 1.82) is 0 Å². The molecule has 0 bridgehead atoms. The molecule has 2 rings (SSSR count). The van der Waals surface area contributed by atoms with E-state index in [0.717, 1.165) is 11.3 Å². The van der Waals surface area contributed by atoms with Gasteiger partial charge >= 0.3 is 5.97 Å². The van der Waals surface area contributed by atoms with Crippen molar-refractivity contribution in [3.63, 3.8) is 0 Å². The number of aryl methyl sites for hydroxylation is 1. The monoisotopic (exact) mass is 394 g/mol. The van der Waals surface area contributed by atoms with Gasteiger partial charge in [0.2, 0.25) is 0 Å². The van der Waals surface area contributed by atoms with E-state index < -0.39 is 5.97 Å². The predicted molar refractivity (Wildman–Crippen MR) is 94.4 cm³/mol. The Labute approximate surface area is 149 Å². The number of halogens is 1. The van der Waals surface area contributed by atoms with Crippen molar-refractivity contribution in [3.8, 4) is 17.2 Å². The molecule has 0 saturated carbocycles. The van der Waals surface area contributed by atoms with Crippen LogP contribution in [0.25, 0.3) is 0 Å². The second-order valence-electron chi connectivity index (χ2n) is 4.99. The van der Waals surface area contributed by atoms with Crippen LogP contribution in [-0.4, -0.2) is 30.9 Å². The molecule has 0 amide bonds. The van der Waals surface area contributed by atoms with Crippen LogP contribution in [-0.2, 0) is 0 Å². The van der Waals surface area contributed by atoms with Crippen molar-refractivity contribution >= 4 is 21.9 Å². The summed E-state index contributed by atoms with van der Waals surface area (Å²) >= 11 is 3.34. The number of ether oxygens (including phenoxy) is 3. The SMILES string of the molecule is CCOc1cc(C(=O)O)cc(Br)c1OCCOc1ccccc1C. The van der Waals surface area contributed by atoms with Gasteiger partial charge in [-0.3, -0.25) is 0 Å². The van der Waals surface area contributed by atoms with Gasteiger partial charge in [0.05, 0.1) is 16.6 Å². The number of benzene rings is 2. The minimum atomic E-state index is -1.02. The number of hydrogen-bond donors (Lipinski definition) is 1. The molecule has 0 heterocycles. The molecule has 0 atom stereocenters. The average Bonchev–Trinajstić information content (AvgIpc) is 2.54. The zero-order chi connectivity index (χ0) is 17.5. The summed E-state index contributed by atoms with van der Waals surface area (Å²) in [7, 11) is 0. The number of aromatic carboxylic acids is 1. The molecule has 128 valence electrons. The van der Waals surface area contributed by atoms with Crippen molar-refractivity contribution < 1.29 is 24.1 Å². The lowest BCUT2D eigenvalue weighted by molar-refractivity contribution is 0.0696. The van der Waals surface area contributed by atoms with E-state index in [1.807, 2.05) is 38.1 Å². The van der Waals surface area contributed by atoms with E-state index in [9.17, 15) is 4.79 Å². The summed E-state index contributed by atoms with van der Waals surface area (Å²) < 4.78 is 17.4. The third-order valence-corrected chi connectivity index (χ3v) is 3.83. The van der Waals surface area contributed by atoms with Crippen LogP contribution < -0.4 is 14.2 Å². The molecule has 2 aromatic carbocycles. The molecule has 0 aromatic heterocycles. The summed E-state index contributed by atoms with van der Waals surface area (Å²) in [6.45, 7) is 4.88. The first-order valence-electron chi connectivity index (χ1n) is 7.53. The lowest BCUT2D eigenvalue weighted by Gasteiger charge is -2.15. The van der Waals surface area contributed by atoms with Crippen LogP contribution in [0.2, 0.25) is 0 Å². The van der Waals surface area contributed by atoms with Crippen molar-refractivity contribution in [2.24, 2.45) is 0 Å². The van der Waals surface area contributed by atoms with Gasteiger partial charge in [-0.2, -0.15) is 0 Å². The highest BCUT2D eigenvalue weighted by atomic mass is 79.9. The Balaban J connectivity index is 2.03. The molecule has 0 radical (unpaired) electrons. The fourth-order valence-electron chi connectivity index (χ4n) is 2.11. The highest BCUT2D eigenvalue weighted by Crippen LogP contribution is 2.37. The van der Waals surface area contributed by atoms with Gasteiger partial charge in [-0.05, 0) is 53.5 Å². The van der Waals surface area contributed by atoms with Gasteiger partial charge in [0.25, 0.3) is 0 Å². The van der Waals surface area contributed by atoms with Gasteiger partial charge in [0.1, 0.15) is 19.0 Å². The third kappa shape index (κ3) is 4.64. The number of carbonyl (C=O) groups is 1. The lowest BCUT2D eigenvalue weighted by Crippen LogP contribution is -2.11. The first-order valence-corrected chi connectivity index (χ1v) is 8.33. The standard InChI is InChI=1S/C18H19BrO5/c1-3-22-16-11-13(18(20)21)10-14(19)17(16)24-9-8-23-15-7-5-4-6-12(15)2/h4-7,10-11H,3,8-9H2,1-2H3,(H,20,21). The molecular formula is C18H19BrO5. The Morgan fingerprint density at radius 1 is 1.08 bits per heavy atom. The minimum Gasteiger partial charge on any atom is -0.490 e. The smallest absolute Gasteiger partial charge is 0.335 e. The Hall–Kier alpha value is -2.21. The van der Waals surface area contributed by atoms with Gasteiger partial charge in [-0.15, -0.1) is 0 Å². The van der Waals surface area contributed by atoms with Crippen LogP contribution in [0, 0.1) is 6.92 Å². The summed E-state index contributed by atoms with van der Waals surface area (Å²) in [6, 6.07) is 10.7. The number of rotatable bonds is 8. The summed E-state index contributed by atoms with van der Waals surface area (Å²) in [4.78, 5) is 11.1. The number of hydrogen-bond acceptors (Lipinski definition) is 4. The summed E-state index contributed by atoms with van der Waals surface area (Å²) in [5, 5.41) is 9.12. The maximum Gasteiger partial charge on any atom is 0.335 e. The largest absolute Gasteiger partial charge is 0.490 e. The van der Waals surface area contributed by atoms with Crippen molar-refractivity contribution in [1.82, 2.24) is 0 Å². The van der Waals surface area contributed by atoms with Crippen molar-refractivity contribution in [2.75, 3.05) is 19.8 Å². The Morgan fingerprint density at radius 3 is 2.46 bits per heavy atom. The molecule has 0 fully saturated rings. The lowest BCUT2D eigenvalue weighted by atomic mass is 10.2. The molecule has 5 nitrogen and oxygen atoms in total. The number of para-hydroxylation sites is 1. The maximum atomic E-state index is 11.1. The fourth-order valence-corrected chi connectivity index (χ4v) is 2.66. The predicted octanol–water partition coefficient (Wildman–Crippen LogP) is 4.31. The van der Waals surface area contributed by atoms with Crippen LogP contribution >= 0.6 is 15.9 Å². The summed E-state index contributed by atoms with van der Waals surface area (Å²) in [6.07, 6.45) is 0. The quantitative estimate of drug-likeness (QED) is 0.675. The van der Waals surface area contributed by atoms with E-state index >= 15 is 0 Å². The Morgan fingerprint density at radius 2 is 1.79 bits per heavy atom. The third-order valence-electron chi connectivity index (χ3n) is 3.24. The van der Waals surface area contributed by atoms with Crippen molar-refractivity contribution in [2.45, 2.75) is 13.8 Å². The van der Waals surface area contributed by atoms with Gasteiger partial charge in [-0.25, -0.2) is 4.79 Å². The molecular weight excluding hydrogens is 376 g/mol. The molecule has 1 N–H and O–H groups in total. The van der Waals surface area contributed by atoms with Crippen LogP contribution in [0.1, 0.15) is 22.8 Å². The summed E-state index contributed by atoms with van der Waals surface area (Å²) in [5.74, 6) is 0.646. The molecule has 24 heavy (non-hydrogen) atoms. The first kappa shape index (κ1) is 18.1. The van der Waals surface area contributed by atoms with E-state index in [1.54, 1.807) is 0 Å². The first-order chi connectivity index (χ1) is 11.5. The number of carboxylic acids is 1.